The van der Waals surface area contributed by atoms with Gasteiger partial charge in [0.05, 0.1) is 12.1 Å². The van der Waals surface area contributed by atoms with Crippen LogP contribution in [0.3, 0.4) is 0 Å². The number of hydrogen-bond acceptors (Lipinski definition) is 4. The molecule has 2 atom stereocenters. The number of hydrogen-bond donors (Lipinski definition) is 2. The van der Waals surface area contributed by atoms with Crippen molar-refractivity contribution < 1.29 is 4.74 Å². The minimum Gasteiger partial charge on any atom is -0.377 e. The number of nitrogens with one attached hydrogen (secondary N) is 1. The fraction of sp³-hybridized carbons (Fsp3) is 0.545. The first-order chi connectivity index (χ1) is 7.40. The molecule has 0 bridgehead atoms. The Labute approximate surface area is 89.8 Å². The molecule has 0 aliphatic carbocycles. The van der Waals surface area contributed by atoms with E-state index in [1.807, 2.05) is 18.2 Å². The molecule has 1 fully saturated rings. The first-order valence-electron chi connectivity index (χ1n) is 5.38. The molecule has 1 aliphatic rings. The van der Waals surface area contributed by atoms with E-state index in [4.69, 9.17) is 10.6 Å². The summed E-state index contributed by atoms with van der Waals surface area (Å²) >= 11 is 0. The second-order valence-corrected chi connectivity index (χ2v) is 3.85. The van der Waals surface area contributed by atoms with Crippen LogP contribution in [-0.4, -0.2) is 23.7 Å². The second kappa shape index (κ2) is 5.21. The molecule has 2 rings (SSSR count). The molecule has 0 saturated carbocycles. The maximum atomic E-state index is 5.61. The first kappa shape index (κ1) is 10.5. The van der Waals surface area contributed by atoms with Crippen molar-refractivity contribution in [3.63, 3.8) is 0 Å². The van der Waals surface area contributed by atoms with Crippen molar-refractivity contribution in [3.8, 4) is 0 Å². The van der Waals surface area contributed by atoms with Gasteiger partial charge >= 0.3 is 0 Å². The molecule has 1 saturated heterocycles. The largest absolute Gasteiger partial charge is 0.377 e. The predicted molar refractivity (Wildman–Crippen MR) is 58.0 cm³/mol. The molecule has 82 valence electrons. The molecule has 0 spiro atoms. The van der Waals surface area contributed by atoms with Gasteiger partial charge in [0.25, 0.3) is 0 Å². The molecule has 2 unspecified atom stereocenters. The lowest BCUT2D eigenvalue weighted by Gasteiger charge is -2.21. The van der Waals surface area contributed by atoms with Crippen molar-refractivity contribution in [2.75, 3.05) is 6.61 Å². The zero-order valence-corrected chi connectivity index (χ0v) is 8.73. The van der Waals surface area contributed by atoms with Crippen molar-refractivity contribution >= 4 is 0 Å². The highest BCUT2D eigenvalue weighted by molar-refractivity contribution is 5.06. The summed E-state index contributed by atoms with van der Waals surface area (Å²) in [5, 5.41) is 0. The van der Waals surface area contributed by atoms with Gasteiger partial charge in [0.2, 0.25) is 0 Å². The zero-order valence-electron chi connectivity index (χ0n) is 8.73. The molecule has 4 heteroatoms. The van der Waals surface area contributed by atoms with Crippen LogP contribution in [0.5, 0.6) is 0 Å². The third kappa shape index (κ3) is 2.75. The highest BCUT2D eigenvalue weighted by Crippen LogP contribution is 2.17. The van der Waals surface area contributed by atoms with Crippen LogP contribution in [0.2, 0.25) is 0 Å². The Kier molecular flexibility index (Phi) is 3.66. The van der Waals surface area contributed by atoms with E-state index >= 15 is 0 Å². The molecule has 2 heterocycles. The van der Waals surface area contributed by atoms with Crippen molar-refractivity contribution in [2.24, 2.45) is 5.84 Å². The van der Waals surface area contributed by atoms with E-state index in [-0.39, 0.29) is 12.1 Å². The van der Waals surface area contributed by atoms with E-state index in [0.29, 0.717) is 0 Å². The normalized spacial score (nSPS) is 22.9. The van der Waals surface area contributed by atoms with Gasteiger partial charge in [-0.2, -0.15) is 0 Å². The van der Waals surface area contributed by atoms with Crippen molar-refractivity contribution in [3.05, 3.63) is 30.1 Å². The monoisotopic (exact) mass is 207 g/mol. The highest BCUT2D eigenvalue weighted by Gasteiger charge is 2.25. The van der Waals surface area contributed by atoms with Gasteiger partial charge in [-0.3, -0.25) is 16.3 Å². The third-order valence-corrected chi connectivity index (χ3v) is 2.78. The lowest BCUT2D eigenvalue weighted by atomic mass is 10.0. The van der Waals surface area contributed by atoms with Gasteiger partial charge < -0.3 is 4.74 Å². The Morgan fingerprint density at radius 3 is 3.13 bits per heavy atom. The number of hydrazine groups is 1. The molecule has 1 aliphatic heterocycles. The van der Waals surface area contributed by atoms with Crippen molar-refractivity contribution in [1.29, 1.82) is 0 Å². The topological polar surface area (TPSA) is 60.2 Å². The number of ether oxygens (including phenoxy) is 1. The highest BCUT2D eigenvalue weighted by atomic mass is 16.5. The summed E-state index contributed by atoms with van der Waals surface area (Å²) in [6.45, 7) is 0.852. The number of aromatic nitrogens is 1. The van der Waals surface area contributed by atoms with Crippen molar-refractivity contribution in [1.82, 2.24) is 10.4 Å². The van der Waals surface area contributed by atoms with Gasteiger partial charge in [0.1, 0.15) is 0 Å². The van der Waals surface area contributed by atoms with Crippen LogP contribution in [-0.2, 0) is 11.2 Å². The number of nitrogens with two attached hydrogens (primary N) is 1. The Morgan fingerprint density at radius 2 is 2.53 bits per heavy atom. The average Bonchev–Trinajstić information content (AvgIpc) is 2.81. The molecule has 0 radical (unpaired) electrons. The number of rotatable bonds is 4. The first-order valence-corrected chi connectivity index (χ1v) is 5.38. The molecular weight excluding hydrogens is 190 g/mol. The molecule has 0 aromatic carbocycles. The lowest BCUT2D eigenvalue weighted by molar-refractivity contribution is 0.0781. The smallest absolute Gasteiger partial charge is 0.0746 e. The van der Waals surface area contributed by atoms with Crippen LogP contribution < -0.4 is 11.3 Å². The maximum Gasteiger partial charge on any atom is 0.0746 e. The second-order valence-electron chi connectivity index (χ2n) is 3.85. The van der Waals surface area contributed by atoms with Crippen LogP contribution in [0.25, 0.3) is 0 Å². The minimum absolute atomic E-state index is 0.169. The Hall–Kier alpha value is -0.970. The SMILES string of the molecule is NNC(Cc1ccccn1)C1CCCO1. The van der Waals surface area contributed by atoms with Crippen LogP contribution in [0, 0.1) is 0 Å². The van der Waals surface area contributed by atoms with E-state index in [0.717, 1.165) is 31.6 Å². The standard InChI is InChI=1S/C11H17N3O/c12-14-10(11-5-3-7-15-11)8-9-4-1-2-6-13-9/h1-2,4,6,10-11,14H,3,5,7-8,12H2. The van der Waals surface area contributed by atoms with Gasteiger partial charge in [-0.05, 0) is 25.0 Å². The zero-order chi connectivity index (χ0) is 10.5. The van der Waals surface area contributed by atoms with Gasteiger partial charge in [0.15, 0.2) is 0 Å². The summed E-state index contributed by atoms with van der Waals surface area (Å²) in [5.41, 5.74) is 3.88. The van der Waals surface area contributed by atoms with Crippen LogP contribution in [0.15, 0.2) is 24.4 Å². The molecule has 1 aromatic rings. The van der Waals surface area contributed by atoms with Gasteiger partial charge in [0, 0.05) is 24.9 Å². The summed E-state index contributed by atoms with van der Waals surface area (Å²) in [4.78, 5) is 4.29. The lowest BCUT2D eigenvalue weighted by Crippen LogP contribution is -2.45. The molecule has 3 N–H and O–H groups in total. The Morgan fingerprint density at radius 1 is 1.60 bits per heavy atom. The molecule has 15 heavy (non-hydrogen) atoms. The molecule has 1 aromatic heterocycles. The van der Waals surface area contributed by atoms with Gasteiger partial charge in [-0.1, -0.05) is 6.07 Å². The fourth-order valence-corrected chi connectivity index (χ4v) is 1.96. The quantitative estimate of drug-likeness (QED) is 0.562. The van der Waals surface area contributed by atoms with Crippen LogP contribution in [0.1, 0.15) is 18.5 Å². The minimum atomic E-state index is 0.169. The maximum absolute atomic E-state index is 5.61. The van der Waals surface area contributed by atoms with Crippen LogP contribution in [0.4, 0.5) is 0 Å². The van der Waals surface area contributed by atoms with E-state index in [2.05, 4.69) is 10.4 Å². The van der Waals surface area contributed by atoms with Crippen LogP contribution >= 0.6 is 0 Å². The van der Waals surface area contributed by atoms with E-state index < -0.39 is 0 Å². The summed E-state index contributed by atoms with van der Waals surface area (Å²) in [7, 11) is 0. The number of pyridine rings is 1. The van der Waals surface area contributed by atoms with E-state index in [9.17, 15) is 0 Å². The molecular formula is C11H17N3O. The molecule has 0 amide bonds. The van der Waals surface area contributed by atoms with E-state index in [1.165, 1.54) is 0 Å². The summed E-state index contributed by atoms with van der Waals surface area (Å²) in [6, 6.07) is 6.09. The van der Waals surface area contributed by atoms with E-state index in [1.54, 1.807) is 6.20 Å². The molecule has 4 nitrogen and oxygen atoms in total. The average molecular weight is 207 g/mol. The third-order valence-electron chi connectivity index (χ3n) is 2.78. The predicted octanol–water partition coefficient (Wildman–Crippen LogP) is 0.635. The summed E-state index contributed by atoms with van der Waals surface area (Å²) in [6.07, 6.45) is 5.07. The van der Waals surface area contributed by atoms with Gasteiger partial charge in [-0.25, -0.2) is 0 Å². The van der Waals surface area contributed by atoms with Crippen molar-refractivity contribution in [2.45, 2.75) is 31.4 Å². The fourth-order valence-electron chi connectivity index (χ4n) is 1.96. The summed E-state index contributed by atoms with van der Waals surface area (Å²) in [5.74, 6) is 5.54. The van der Waals surface area contributed by atoms with Gasteiger partial charge in [-0.15, -0.1) is 0 Å². The Balaban J connectivity index is 1.96. The Bertz CT molecular complexity index is 285. The number of nitrogens with zero attached hydrogens (tertiary/aromatic N) is 1. The summed E-state index contributed by atoms with van der Waals surface area (Å²) < 4.78 is 5.61.